The SMILES string of the molecule is CCOc1cc(-n2cccn2)c(B(O)O)cc1Br. The molecule has 1 heterocycles. The van der Waals surface area contributed by atoms with E-state index in [4.69, 9.17) is 4.74 Å². The fourth-order valence-corrected chi connectivity index (χ4v) is 2.12. The van der Waals surface area contributed by atoms with Crippen molar-refractivity contribution in [1.82, 2.24) is 9.78 Å². The topological polar surface area (TPSA) is 67.5 Å². The minimum Gasteiger partial charge on any atom is -0.493 e. The Morgan fingerprint density at radius 3 is 2.78 bits per heavy atom. The average molecular weight is 311 g/mol. The van der Waals surface area contributed by atoms with Gasteiger partial charge in [0.1, 0.15) is 5.75 Å². The first-order valence-electron chi connectivity index (χ1n) is 5.46. The van der Waals surface area contributed by atoms with E-state index in [-0.39, 0.29) is 0 Å². The maximum atomic E-state index is 9.40. The Hall–Kier alpha value is -1.31. The number of aromatic nitrogens is 2. The Bertz CT molecular complexity index is 531. The predicted molar refractivity (Wildman–Crippen MR) is 72.3 cm³/mol. The maximum absolute atomic E-state index is 9.40. The third kappa shape index (κ3) is 2.58. The number of halogens is 1. The first-order valence-corrected chi connectivity index (χ1v) is 6.25. The van der Waals surface area contributed by atoms with Crippen LogP contribution in [0.3, 0.4) is 0 Å². The Balaban J connectivity index is 2.57. The quantitative estimate of drug-likeness (QED) is 0.816. The van der Waals surface area contributed by atoms with Gasteiger partial charge in [-0.3, -0.25) is 0 Å². The molecule has 0 unspecified atom stereocenters. The number of rotatable bonds is 4. The second-order valence-electron chi connectivity index (χ2n) is 3.60. The van der Waals surface area contributed by atoms with Gasteiger partial charge in [0.15, 0.2) is 0 Å². The third-order valence-corrected chi connectivity index (χ3v) is 3.03. The molecule has 2 N–H and O–H groups in total. The molecule has 18 heavy (non-hydrogen) atoms. The molecule has 0 radical (unpaired) electrons. The van der Waals surface area contributed by atoms with Crippen LogP contribution in [0.1, 0.15) is 6.92 Å². The standard InChI is InChI=1S/C11H12BBrN2O3/c1-2-18-11-7-10(15-5-3-4-14-15)8(12(16)17)6-9(11)13/h3-7,16-17H,2H2,1H3. The molecule has 0 spiro atoms. The van der Waals surface area contributed by atoms with Crippen LogP contribution in [0.25, 0.3) is 5.69 Å². The molecule has 7 heteroatoms. The van der Waals surface area contributed by atoms with Gasteiger partial charge in [-0.05, 0) is 35.0 Å². The second-order valence-corrected chi connectivity index (χ2v) is 4.45. The van der Waals surface area contributed by atoms with E-state index in [0.29, 0.717) is 28.0 Å². The highest BCUT2D eigenvalue weighted by Crippen LogP contribution is 2.26. The van der Waals surface area contributed by atoms with Crippen molar-refractivity contribution in [2.45, 2.75) is 6.92 Å². The van der Waals surface area contributed by atoms with E-state index in [1.54, 1.807) is 35.3 Å². The minimum atomic E-state index is -1.57. The zero-order valence-electron chi connectivity index (χ0n) is 9.75. The molecule has 0 saturated heterocycles. The second kappa shape index (κ2) is 5.56. The van der Waals surface area contributed by atoms with Crippen molar-refractivity contribution >= 4 is 28.5 Å². The van der Waals surface area contributed by atoms with Gasteiger partial charge < -0.3 is 14.8 Å². The summed E-state index contributed by atoms with van der Waals surface area (Å²) >= 11 is 3.34. The lowest BCUT2D eigenvalue weighted by Crippen LogP contribution is -2.33. The predicted octanol–water partition coefficient (Wildman–Crippen LogP) is 0.713. The molecular formula is C11H12BBrN2O3. The molecule has 1 aromatic heterocycles. The molecule has 0 saturated carbocycles. The average Bonchev–Trinajstić information content (AvgIpc) is 2.84. The van der Waals surface area contributed by atoms with E-state index in [1.807, 2.05) is 6.92 Å². The van der Waals surface area contributed by atoms with E-state index < -0.39 is 7.12 Å². The molecule has 2 rings (SSSR count). The van der Waals surface area contributed by atoms with Crippen molar-refractivity contribution in [1.29, 1.82) is 0 Å². The van der Waals surface area contributed by atoms with Crippen LogP contribution >= 0.6 is 15.9 Å². The Kier molecular flexibility index (Phi) is 4.06. The van der Waals surface area contributed by atoms with Crippen LogP contribution in [0, 0.1) is 0 Å². The number of nitrogens with zero attached hydrogens (tertiary/aromatic N) is 2. The van der Waals surface area contributed by atoms with E-state index >= 15 is 0 Å². The van der Waals surface area contributed by atoms with Crippen LogP contribution in [0.2, 0.25) is 0 Å². The molecule has 0 aliphatic heterocycles. The number of benzene rings is 1. The van der Waals surface area contributed by atoms with Crippen molar-refractivity contribution in [2.75, 3.05) is 6.61 Å². The van der Waals surface area contributed by atoms with Crippen LogP contribution in [-0.4, -0.2) is 33.6 Å². The molecular weight excluding hydrogens is 299 g/mol. The summed E-state index contributed by atoms with van der Waals surface area (Å²) in [5, 5.41) is 22.9. The van der Waals surface area contributed by atoms with Gasteiger partial charge in [0.2, 0.25) is 0 Å². The van der Waals surface area contributed by atoms with E-state index in [2.05, 4.69) is 21.0 Å². The lowest BCUT2D eigenvalue weighted by Gasteiger charge is -2.13. The van der Waals surface area contributed by atoms with Crippen LogP contribution < -0.4 is 10.2 Å². The monoisotopic (exact) mass is 310 g/mol. The summed E-state index contributed by atoms with van der Waals surface area (Å²) in [6.07, 6.45) is 3.35. The van der Waals surface area contributed by atoms with Gasteiger partial charge >= 0.3 is 7.12 Å². The van der Waals surface area contributed by atoms with Gasteiger partial charge in [-0.1, -0.05) is 0 Å². The van der Waals surface area contributed by atoms with Gasteiger partial charge in [-0.2, -0.15) is 5.10 Å². The lowest BCUT2D eigenvalue weighted by atomic mass is 9.79. The van der Waals surface area contributed by atoms with E-state index in [1.165, 1.54) is 0 Å². The number of ether oxygens (including phenoxy) is 1. The molecule has 0 fully saturated rings. The summed E-state index contributed by atoms with van der Waals surface area (Å²) in [7, 11) is -1.57. The first-order chi connectivity index (χ1) is 8.63. The largest absolute Gasteiger partial charge is 0.493 e. The van der Waals surface area contributed by atoms with Crippen molar-refractivity contribution < 1.29 is 14.8 Å². The number of hydrogen-bond donors (Lipinski definition) is 2. The van der Waals surface area contributed by atoms with Crippen LogP contribution in [0.5, 0.6) is 5.75 Å². The molecule has 0 aliphatic carbocycles. The van der Waals surface area contributed by atoms with Crippen molar-refractivity contribution in [3.8, 4) is 11.4 Å². The zero-order chi connectivity index (χ0) is 13.1. The molecule has 0 bridgehead atoms. The highest BCUT2D eigenvalue weighted by molar-refractivity contribution is 9.10. The molecule has 0 amide bonds. The summed E-state index contributed by atoms with van der Waals surface area (Å²) in [6, 6.07) is 5.10. The normalized spacial score (nSPS) is 10.4. The summed E-state index contributed by atoms with van der Waals surface area (Å²) in [6.45, 7) is 2.41. The van der Waals surface area contributed by atoms with Gasteiger partial charge in [-0.15, -0.1) is 0 Å². The number of hydrogen-bond acceptors (Lipinski definition) is 4. The van der Waals surface area contributed by atoms with Gasteiger partial charge in [0, 0.05) is 23.9 Å². The smallest absolute Gasteiger partial charge is 0.490 e. The summed E-state index contributed by atoms with van der Waals surface area (Å²) in [5.41, 5.74) is 0.927. The van der Waals surface area contributed by atoms with Crippen LogP contribution in [-0.2, 0) is 0 Å². The van der Waals surface area contributed by atoms with E-state index in [0.717, 1.165) is 0 Å². The van der Waals surface area contributed by atoms with Gasteiger partial charge in [0.25, 0.3) is 0 Å². The van der Waals surface area contributed by atoms with Crippen molar-refractivity contribution in [3.63, 3.8) is 0 Å². The Morgan fingerprint density at radius 1 is 1.44 bits per heavy atom. The molecule has 94 valence electrons. The zero-order valence-corrected chi connectivity index (χ0v) is 11.3. The molecule has 2 aromatic rings. The fraction of sp³-hybridized carbons (Fsp3) is 0.182. The van der Waals surface area contributed by atoms with E-state index in [9.17, 15) is 10.0 Å². The summed E-state index contributed by atoms with van der Waals surface area (Å²) < 4.78 is 7.69. The molecule has 1 aromatic carbocycles. The highest BCUT2D eigenvalue weighted by Gasteiger charge is 2.20. The lowest BCUT2D eigenvalue weighted by molar-refractivity contribution is 0.338. The van der Waals surface area contributed by atoms with Crippen molar-refractivity contribution in [2.24, 2.45) is 0 Å². The van der Waals surface area contributed by atoms with Crippen LogP contribution in [0.15, 0.2) is 35.1 Å². The first kappa shape index (κ1) is 13.1. The van der Waals surface area contributed by atoms with Gasteiger partial charge in [0.05, 0.1) is 16.8 Å². The fourth-order valence-electron chi connectivity index (χ4n) is 1.64. The highest BCUT2D eigenvalue weighted by atomic mass is 79.9. The Morgan fingerprint density at radius 2 is 2.22 bits per heavy atom. The van der Waals surface area contributed by atoms with Gasteiger partial charge in [-0.25, -0.2) is 4.68 Å². The molecule has 0 aliphatic rings. The maximum Gasteiger partial charge on any atom is 0.490 e. The Labute approximate surface area is 113 Å². The third-order valence-electron chi connectivity index (χ3n) is 2.41. The molecule has 0 atom stereocenters. The minimum absolute atomic E-state index is 0.356. The summed E-state index contributed by atoms with van der Waals surface area (Å²) in [4.78, 5) is 0. The summed E-state index contributed by atoms with van der Waals surface area (Å²) in [5.74, 6) is 0.632. The molecule has 5 nitrogen and oxygen atoms in total. The van der Waals surface area contributed by atoms with Crippen LogP contribution in [0.4, 0.5) is 0 Å². The van der Waals surface area contributed by atoms with Crippen molar-refractivity contribution in [3.05, 3.63) is 35.1 Å².